The molecule has 0 spiro atoms. The lowest BCUT2D eigenvalue weighted by atomic mass is 10.0. The Hall–Kier alpha value is -1.49. The summed E-state index contributed by atoms with van der Waals surface area (Å²) in [5, 5.41) is 8.70. The van der Waals surface area contributed by atoms with E-state index in [1.165, 1.54) is 11.1 Å². The van der Waals surface area contributed by atoms with Gasteiger partial charge >= 0.3 is 0 Å². The van der Waals surface area contributed by atoms with Gasteiger partial charge in [0, 0.05) is 16.3 Å². The van der Waals surface area contributed by atoms with Crippen LogP contribution in [0.4, 0.5) is 0 Å². The van der Waals surface area contributed by atoms with Crippen molar-refractivity contribution in [3.63, 3.8) is 0 Å². The Morgan fingerprint density at radius 1 is 1.05 bits per heavy atom. The van der Waals surface area contributed by atoms with Crippen LogP contribution in [0.3, 0.4) is 0 Å². The van der Waals surface area contributed by atoms with Gasteiger partial charge in [-0.05, 0) is 43.5 Å². The lowest BCUT2D eigenvalue weighted by Gasteiger charge is -2.18. The molecule has 0 aromatic heterocycles. The summed E-state index contributed by atoms with van der Waals surface area (Å²) in [7, 11) is -0.990. The lowest BCUT2D eigenvalue weighted by molar-refractivity contribution is 0.0898. The molecule has 0 radical (unpaired) electrons. The maximum absolute atomic E-state index is 12.2. The largest absolute Gasteiger partial charge is 0.389 e. The summed E-state index contributed by atoms with van der Waals surface area (Å²) < 4.78 is 12.2. The van der Waals surface area contributed by atoms with E-state index in [2.05, 4.69) is 12.1 Å². The monoisotopic (exact) mass is 303 g/mol. The Morgan fingerprint density at radius 3 is 1.81 bits per heavy atom. The molecule has 0 atom stereocenters. The number of rotatable bonds is 1. The van der Waals surface area contributed by atoms with E-state index in [-0.39, 0.29) is 0 Å². The van der Waals surface area contributed by atoms with E-state index < -0.39 is 16.4 Å². The van der Waals surface area contributed by atoms with E-state index in [9.17, 15) is 4.21 Å². The minimum atomic E-state index is -0.990. The van der Waals surface area contributed by atoms with Crippen molar-refractivity contribution in [2.45, 2.75) is 35.7 Å². The van der Waals surface area contributed by atoms with E-state index in [1.54, 1.807) is 13.8 Å². The molecule has 0 unspecified atom stereocenters. The van der Waals surface area contributed by atoms with Crippen molar-refractivity contribution in [2.24, 2.45) is 5.73 Å². The third-order valence-electron chi connectivity index (χ3n) is 3.23. The standard InChI is InChI=1S/C13H10OS.C4H11NO/c14-15-12-7-3-1-5-10(12)9-11-6-2-4-8-13(11)15;1-4(2,6)3-5/h1-8H,9H2;6H,3,5H2,1-2H3. The molecule has 4 heteroatoms. The van der Waals surface area contributed by atoms with Gasteiger partial charge in [0.2, 0.25) is 0 Å². The molecule has 21 heavy (non-hydrogen) atoms. The fraction of sp³-hybridized carbons (Fsp3) is 0.294. The SMILES string of the molecule is CC(C)(O)CN.O=S1c2ccccc2Cc2ccccc21. The highest BCUT2D eigenvalue weighted by molar-refractivity contribution is 7.85. The van der Waals surface area contributed by atoms with Crippen LogP contribution >= 0.6 is 0 Å². The van der Waals surface area contributed by atoms with Gasteiger partial charge in [-0.25, -0.2) is 4.21 Å². The predicted octanol–water partition coefficient (Wildman–Crippen LogP) is 2.47. The summed E-state index contributed by atoms with van der Waals surface area (Å²) >= 11 is 0. The van der Waals surface area contributed by atoms with Crippen molar-refractivity contribution in [3.05, 3.63) is 59.7 Å². The molecule has 112 valence electrons. The maximum Gasteiger partial charge on any atom is 0.0855 e. The molecule has 0 amide bonds. The van der Waals surface area contributed by atoms with Gasteiger partial charge in [0.15, 0.2) is 0 Å². The molecule has 0 saturated carbocycles. The van der Waals surface area contributed by atoms with Gasteiger partial charge < -0.3 is 10.8 Å². The van der Waals surface area contributed by atoms with Gasteiger partial charge in [-0.2, -0.15) is 0 Å². The highest BCUT2D eigenvalue weighted by Crippen LogP contribution is 2.30. The summed E-state index contributed by atoms with van der Waals surface area (Å²) in [5.74, 6) is 0. The third-order valence-corrected chi connectivity index (χ3v) is 4.82. The first kappa shape index (κ1) is 15.9. The molecular formula is C17H21NO2S. The molecular weight excluding hydrogens is 282 g/mol. The van der Waals surface area contributed by atoms with Crippen LogP contribution in [0.1, 0.15) is 25.0 Å². The summed E-state index contributed by atoms with van der Waals surface area (Å²) in [6, 6.07) is 15.9. The highest BCUT2D eigenvalue weighted by atomic mass is 32.2. The third kappa shape index (κ3) is 4.00. The molecule has 2 aromatic carbocycles. The molecule has 3 N–H and O–H groups in total. The number of hydrogen-bond acceptors (Lipinski definition) is 3. The van der Waals surface area contributed by atoms with Gasteiger partial charge in [-0.1, -0.05) is 36.4 Å². The molecule has 0 saturated heterocycles. The second-order valence-electron chi connectivity index (χ2n) is 5.68. The second kappa shape index (κ2) is 6.52. The van der Waals surface area contributed by atoms with Gasteiger partial charge in [0.1, 0.15) is 0 Å². The van der Waals surface area contributed by atoms with Crippen LogP contribution in [-0.2, 0) is 17.2 Å². The zero-order chi connectivity index (χ0) is 15.5. The Morgan fingerprint density at radius 2 is 1.43 bits per heavy atom. The molecule has 1 aliphatic heterocycles. The van der Waals surface area contributed by atoms with Crippen molar-refractivity contribution >= 4 is 10.8 Å². The molecule has 1 heterocycles. The minimum absolute atomic E-state index is 0.326. The van der Waals surface area contributed by atoms with Crippen LogP contribution in [0.5, 0.6) is 0 Å². The summed E-state index contributed by atoms with van der Waals surface area (Å²) in [5.41, 5.74) is 6.75. The number of fused-ring (bicyclic) bond motifs is 2. The summed E-state index contributed by atoms with van der Waals surface area (Å²) in [6.07, 6.45) is 0.901. The number of benzene rings is 2. The number of aliphatic hydroxyl groups is 1. The topological polar surface area (TPSA) is 63.3 Å². The number of nitrogens with two attached hydrogens (primary N) is 1. The quantitative estimate of drug-likeness (QED) is 0.726. The maximum atomic E-state index is 12.2. The summed E-state index contributed by atoms with van der Waals surface area (Å²) in [6.45, 7) is 3.67. The number of hydrogen-bond donors (Lipinski definition) is 2. The average molecular weight is 303 g/mol. The van der Waals surface area contributed by atoms with Crippen molar-refractivity contribution in [2.75, 3.05) is 6.54 Å². The summed E-state index contributed by atoms with van der Waals surface area (Å²) in [4.78, 5) is 1.94. The van der Waals surface area contributed by atoms with Crippen LogP contribution < -0.4 is 5.73 Å². The van der Waals surface area contributed by atoms with Gasteiger partial charge in [0.25, 0.3) is 0 Å². The fourth-order valence-corrected chi connectivity index (χ4v) is 3.38. The Kier molecular flexibility index (Phi) is 4.93. The van der Waals surface area contributed by atoms with Crippen molar-refractivity contribution in [3.8, 4) is 0 Å². The van der Waals surface area contributed by atoms with Gasteiger partial charge in [-0.3, -0.25) is 0 Å². The first-order valence-electron chi connectivity index (χ1n) is 6.92. The van der Waals surface area contributed by atoms with Crippen LogP contribution in [0.2, 0.25) is 0 Å². The molecule has 2 aromatic rings. The Labute approximate surface area is 128 Å². The van der Waals surface area contributed by atoms with E-state index in [0.717, 1.165) is 16.2 Å². The normalized spacial score (nSPS) is 13.7. The fourth-order valence-electron chi connectivity index (χ4n) is 1.99. The van der Waals surface area contributed by atoms with Crippen molar-refractivity contribution < 1.29 is 9.32 Å². The van der Waals surface area contributed by atoms with E-state index >= 15 is 0 Å². The lowest BCUT2D eigenvalue weighted by Crippen LogP contribution is -2.29. The Balaban J connectivity index is 0.000000232. The van der Waals surface area contributed by atoms with Crippen molar-refractivity contribution in [1.29, 1.82) is 0 Å². The van der Waals surface area contributed by atoms with E-state index in [4.69, 9.17) is 10.8 Å². The first-order valence-corrected chi connectivity index (χ1v) is 8.07. The van der Waals surface area contributed by atoms with Crippen LogP contribution in [0.25, 0.3) is 0 Å². The molecule has 3 rings (SSSR count). The van der Waals surface area contributed by atoms with E-state index in [1.807, 2.05) is 36.4 Å². The van der Waals surface area contributed by atoms with Crippen LogP contribution in [0.15, 0.2) is 58.3 Å². The predicted molar refractivity (Wildman–Crippen MR) is 85.7 cm³/mol. The highest BCUT2D eigenvalue weighted by Gasteiger charge is 2.20. The van der Waals surface area contributed by atoms with Gasteiger partial charge in [-0.15, -0.1) is 0 Å². The van der Waals surface area contributed by atoms with Crippen molar-refractivity contribution in [1.82, 2.24) is 0 Å². The van der Waals surface area contributed by atoms with Gasteiger partial charge in [0.05, 0.1) is 16.4 Å². The zero-order valence-electron chi connectivity index (χ0n) is 12.4. The Bertz CT molecular complexity index is 600. The average Bonchev–Trinajstić information content (AvgIpc) is 2.48. The minimum Gasteiger partial charge on any atom is -0.389 e. The molecule has 0 aliphatic carbocycles. The molecule has 0 fully saturated rings. The first-order chi connectivity index (χ1) is 9.92. The second-order valence-corrected chi connectivity index (χ2v) is 7.09. The smallest absolute Gasteiger partial charge is 0.0855 e. The molecule has 3 nitrogen and oxygen atoms in total. The molecule has 1 aliphatic rings. The van der Waals surface area contributed by atoms with Crippen LogP contribution in [-0.4, -0.2) is 21.5 Å². The molecule has 0 bridgehead atoms. The van der Waals surface area contributed by atoms with E-state index in [0.29, 0.717) is 6.54 Å². The van der Waals surface area contributed by atoms with Crippen LogP contribution in [0, 0.1) is 0 Å². The zero-order valence-corrected chi connectivity index (χ0v) is 13.2.